The van der Waals surface area contributed by atoms with E-state index in [9.17, 15) is 4.91 Å². The van der Waals surface area contributed by atoms with E-state index in [-0.39, 0.29) is 5.69 Å². The molecule has 2 rings (SSSR count). The van der Waals surface area contributed by atoms with Crippen molar-refractivity contribution in [2.24, 2.45) is 5.18 Å². The summed E-state index contributed by atoms with van der Waals surface area (Å²) in [7, 11) is 3.04. The van der Waals surface area contributed by atoms with E-state index in [1.165, 1.54) is 7.11 Å². The second-order valence-electron chi connectivity index (χ2n) is 3.56. The van der Waals surface area contributed by atoms with Gasteiger partial charge in [0.05, 0.1) is 19.9 Å². The molecule has 0 aliphatic heterocycles. The van der Waals surface area contributed by atoms with Gasteiger partial charge in [-0.2, -0.15) is 0 Å². The maximum absolute atomic E-state index is 10.7. The van der Waals surface area contributed by atoms with E-state index >= 15 is 0 Å². The minimum Gasteiger partial charge on any atom is -0.495 e. The lowest BCUT2D eigenvalue weighted by Crippen LogP contribution is -1.92. The number of anilines is 1. The van der Waals surface area contributed by atoms with Gasteiger partial charge in [-0.05, 0) is 40.2 Å². The van der Waals surface area contributed by atoms with Gasteiger partial charge in [0, 0.05) is 0 Å². The van der Waals surface area contributed by atoms with E-state index in [4.69, 9.17) is 15.2 Å². The molecule has 0 aliphatic rings. The number of fused-ring (bicyclic) bond motifs is 1. The molecule has 0 saturated heterocycles. The molecule has 17 heavy (non-hydrogen) atoms. The van der Waals surface area contributed by atoms with Crippen molar-refractivity contribution in [3.05, 3.63) is 29.2 Å². The zero-order valence-corrected chi connectivity index (χ0v) is 9.56. The number of methoxy groups -OCH3 is 2. The quantitative estimate of drug-likeness (QED) is 0.652. The van der Waals surface area contributed by atoms with Gasteiger partial charge in [-0.25, -0.2) is 0 Å². The summed E-state index contributed by atoms with van der Waals surface area (Å²) < 4.78 is 10.2. The molecule has 88 valence electrons. The maximum Gasteiger partial charge on any atom is 0.150 e. The fraction of sp³-hybridized carbons (Fsp3) is 0.167. The molecule has 5 heteroatoms. The molecule has 0 saturated carbocycles. The van der Waals surface area contributed by atoms with Gasteiger partial charge in [0.1, 0.15) is 17.2 Å². The molecule has 0 unspecified atom stereocenters. The highest BCUT2D eigenvalue weighted by atomic mass is 16.5. The smallest absolute Gasteiger partial charge is 0.150 e. The summed E-state index contributed by atoms with van der Waals surface area (Å²) >= 11 is 0. The van der Waals surface area contributed by atoms with E-state index in [0.717, 1.165) is 10.8 Å². The molecule has 0 bridgehead atoms. The number of ether oxygens (including phenoxy) is 2. The Hall–Kier alpha value is -2.30. The molecule has 2 N–H and O–H groups in total. The first-order valence-electron chi connectivity index (χ1n) is 4.98. The van der Waals surface area contributed by atoms with Crippen LogP contribution >= 0.6 is 0 Å². The van der Waals surface area contributed by atoms with Crippen LogP contribution in [0, 0.1) is 4.91 Å². The highest BCUT2D eigenvalue weighted by Gasteiger charge is 2.08. The van der Waals surface area contributed by atoms with E-state index in [1.807, 2.05) is 0 Å². The summed E-state index contributed by atoms with van der Waals surface area (Å²) in [5.74, 6) is 1.02. The molecule has 0 amide bonds. The Bertz CT molecular complexity index is 581. The van der Waals surface area contributed by atoms with E-state index in [1.54, 1.807) is 31.4 Å². The van der Waals surface area contributed by atoms with Crippen LogP contribution in [0.5, 0.6) is 11.5 Å². The zero-order chi connectivity index (χ0) is 12.4. The van der Waals surface area contributed by atoms with Crippen LogP contribution in [0.1, 0.15) is 0 Å². The van der Waals surface area contributed by atoms with E-state index in [0.29, 0.717) is 17.2 Å². The predicted octanol–water partition coefficient (Wildman–Crippen LogP) is 2.84. The second-order valence-corrected chi connectivity index (χ2v) is 3.56. The predicted molar refractivity (Wildman–Crippen MR) is 66.9 cm³/mol. The van der Waals surface area contributed by atoms with E-state index in [2.05, 4.69) is 5.18 Å². The van der Waals surface area contributed by atoms with Crippen LogP contribution in [0.4, 0.5) is 11.4 Å². The molecule has 0 spiro atoms. The molecule has 5 nitrogen and oxygen atoms in total. The Morgan fingerprint density at radius 3 is 2.18 bits per heavy atom. The van der Waals surface area contributed by atoms with Crippen molar-refractivity contribution in [2.45, 2.75) is 0 Å². The largest absolute Gasteiger partial charge is 0.495 e. The lowest BCUT2D eigenvalue weighted by molar-refractivity contribution is 0.415. The van der Waals surface area contributed by atoms with Gasteiger partial charge in [-0.15, -0.1) is 4.91 Å². The van der Waals surface area contributed by atoms with Crippen LogP contribution < -0.4 is 15.2 Å². The zero-order valence-electron chi connectivity index (χ0n) is 9.56. The van der Waals surface area contributed by atoms with Crippen LogP contribution in [0.25, 0.3) is 10.8 Å². The van der Waals surface area contributed by atoms with Gasteiger partial charge in [0.2, 0.25) is 0 Å². The second kappa shape index (κ2) is 4.29. The van der Waals surface area contributed by atoms with Crippen LogP contribution in [-0.2, 0) is 0 Å². The first-order chi connectivity index (χ1) is 8.19. The minimum absolute atomic E-state index is 0.254. The highest BCUT2D eigenvalue weighted by Crippen LogP contribution is 2.36. The Kier molecular flexibility index (Phi) is 2.82. The van der Waals surface area contributed by atoms with Gasteiger partial charge in [-0.1, -0.05) is 0 Å². The first-order valence-corrected chi connectivity index (χ1v) is 4.98. The fourth-order valence-electron chi connectivity index (χ4n) is 1.73. The number of rotatable bonds is 3. The number of nitroso groups, excluding NO2 is 1. The van der Waals surface area contributed by atoms with Gasteiger partial charge < -0.3 is 15.2 Å². The SMILES string of the molecule is COc1cc2cc(OC)c(N=O)cc2cc1N. The summed E-state index contributed by atoms with van der Waals surface area (Å²) in [6, 6.07) is 6.90. The van der Waals surface area contributed by atoms with Crippen molar-refractivity contribution in [3.63, 3.8) is 0 Å². The fourth-order valence-corrected chi connectivity index (χ4v) is 1.73. The third kappa shape index (κ3) is 1.87. The Balaban J connectivity index is 2.74. The molecule has 0 aliphatic carbocycles. The van der Waals surface area contributed by atoms with Crippen LogP contribution in [0.2, 0.25) is 0 Å². The van der Waals surface area contributed by atoms with E-state index < -0.39 is 0 Å². The number of benzene rings is 2. The van der Waals surface area contributed by atoms with Crippen LogP contribution in [0.15, 0.2) is 29.4 Å². The van der Waals surface area contributed by atoms with Crippen LogP contribution in [-0.4, -0.2) is 14.2 Å². The summed E-state index contributed by atoms with van der Waals surface area (Å²) in [5.41, 5.74) is 6.56. The molecule has 0 atom stereocenters. The van der Waals surface area contributed by atoms with Crippen molar-refractivity contribution in [1.29, 1.82) is 0 Å². The van der Waals surface area contributed by atoms with Crippen molar-refractivity contribution in [2.75, 3.05) is 20.0 Å². The Morgan fingerprint density at radius 1 is 1.00 bits per heavy atom. The maximum atomic E-state index is 10.7. The number of nitrogen functional groups attached to an aromatic ring is 1. The lowest BCUT2D eigenvalue weighted by atomic mass is 10.1. The Morgan fingerprint density at radius 2 is 1.59 bits per heavy atom. The van der Waals surface area contributed by atoms with Crippen LogP contribution in [0.3, 0.4) is 0 Å². The normalized spacial score (nSPS) is 10.2. The number of hydrogen-bond donors (Lipinski definition) is 1. The summed E-state index contributed by atoms with van der Waals surface area (Å²) in [5, 5.41) is 4.61. The van der Waals surface area contributed by atoms with Crippen molar-refractivity contribution < 1.29 is 9.47 Å². The molecule has 0 aromatic heterocycles. The lowest BCUT2D eigenvalue weighted by Gasteiger charge is -2.09. The number of hydrogen-bond acceptors (Lipinski definition) is 5. The number of nitrogens with zero attached hydrogens (tertiary/aromatic N) is 1. The van der Waals surface area contributed by atoms with Gasteiger partial charge in [0.15, 0.2) is 0 Å². The summed E-state index contributed by atoms with van der Waals surface area (Å²) in [6.07, 6.45) is 0. The average molecular weight is 232 g/mol. The first kappa shape index (κ1) is 11.2. The molecule has 0 heterocycles. The summed E-state index contributed by atoms with van der Waals surface area (Å²) in [4.78, 5) is 10.7. The van der Waals surface area contributed by atoms with Gasteiger partial charge in [0.25, 0.3) is 0 Å². The third-order valence-electron chi connectivity index (χ3n) is 2.58. The topological polar surface area (TPSA) is 73.9 Å². The monoisotopic (exact) mass is 232 g/mol. The van der Waals surface area contributed by atoms with Crippen molar-refractivity contribution in [1.82, 2.24) is 0 Å². The van der Waals surface area contributed by atoms with Gasteiger partial charge in [-0.3, -0.25) is 0 Å². The molecule has 0 radical (unpaired) electrons. The van der Waals surface area contributed by atoms with Gasteiger partial charge >= 0.3 is 0 Å². The molecule has 2 aromatic carbocycles. The Labute approximate surface area is 98.1 Å². The van der Waals surface area contributed by atoms with Crippen molar-refractivity contribution >= 4 is 22.1 Å². The van der Waals surface area contributed by atoms with Crippen molar-refractivity contribution in [3.8, 4) is 11.5 Å². The summed E-state index contributed by atoms with van der Waals surface area (Å²) in [6.45, 7) is 0. The molecular weight excluding hydrogens is 220 g/mol. The minimum atomic E-state index is 0.254. The molecular formula is C12H12N2O3. The number of nitrogens with two attached hydrogens (primary N) is 1. The standard InChI is InChI=1S/C12H12N2O3/c1-16-11-5-8-6-12(17-2)10(14-15)4-7(8)3-9(11)13/h3-6H,13H2,1-2H3. The molecule has 0 fully saturated rings. The molecule has 2 aromatic rings. The average Bonchev–Trinajstić information content (AvgIpc) is 2.36. The highest BCUT2D eigenvalue weighted by molar-refractivity contribution is 5.92. The third-order valence-corrected chi connectivity index (χ3v) is 2.58.